The van der Waals surface area contributed by atoms with Crippen LogP contribution in [0.5, 0.6) is 5.75 Å². The van der Waals surface area contributed by atoms with E-state index in [1.165, 1.54) is 11.3 Å². The van der Waals surface area contributed by atoms with E-state index in [-0.39, 0.29) is 6.61 Å². The number of benzene rings is 1. The van der Waals surface area contributed by atoms with E-state index < -0.39 is 0 Å². The zero-order valence-electron chi connectivity index (χ0n) is 12.5. The predicted molar refractivity (Wildman–Crippen MR) is 83.9 cm³/mol. The van der Waals surface area contributed by atoms with Crippen LogP contribution in [0.1, 0.15) is 16.1 Å². The van der Waals surface area contributed by atoms with Gasteiger partial charge < -0.3 is 19.5 Å². The maximum atomic E-state index is 9.39. The number of nitrogens with zero attached hydrogens (tertiary/aromatic N) is 2. The number of rotatable bonds is 7. The number of ether oxygens (including phenoxy) is 2. The van der Waals surface area contributed by atoms with E-state index in [9.17, 15) is 5.11 Å². The fraction of sp³-hybridized carbons (Fsp3) is 0.400. The number of methoxy groups -OCH3 is 2. The van der Waals surface area contributed by atoms with Crippen molar-refractivity contribution < 1.29 is 14.6 Å². The summed E-state index contributed by atoms with van der Waals surface area (Å²) in [6.45, 7) is 1.09. The Labute approximate surface area is 128 Å². The van der Waals surface area contributed by atoms with E-state index in [0.29, 0.717) is 13.2 Å². The lowest BCUT2D eigenvalue weighted by atomic mass is 10.2. The molecular formula is C15H20N2O3S. The van der Waals surface area contributed by atoms with Crippen LogP contribution in [0.3, 0.4) is 0 Å². The van der Waals surface area contributed by atoms with Gasteiger partial charge in [0.05, 0.1) is 30.9 Å². The SMILES string of the molecule is COCc1nc(N(C)Cc2ccccc2OC)sc1CO. The van der Waals surface area contributed by atoms with Gasteiger partial charge in [0, 0.05) is 26.3 Å². The van der Waals surface area contributed by atoms with E-state index in [0.717, 1.165) is 27.0 Å². The Morgan fingerprint density at radius 1 is 1.29 bits per heavy atom. The normalized spacial score (nSPS) is 10.7. The number of hydrogen-bond acceptors (Lipinski definition) is 6. The summed E-state index contributed by atoms with van der Waals surface area (Å²) in [7, 11) is 5.27. The average molecular weight is 308 g/mol. The number of aliphatic hydroxyl groups excluding tert-OH is 1. The van der Waals surface area contributed by atoms with E-state index in [2.05, 4.69) is 4.98 Å². The van der Waals surface area contributed by atoms with Crippen LogP contribution >= 0.6 is 11.3 Å². The van der Waals surface area contributed by atoms with Crippen LogP contribution in [0.2, 0.25) is 0 Å². The van der Waals surface area contributed by atoms with Gasteiger partial charge in [0.1, 0.15) is 5.75 Å². The van der Waals surface area contributed by atoms with Gasteiger partial charge in [0.2, 0.25) is 0 Å². The Morgan fingerprint density at radius 3 is 2.71 bits per heavy atom. The van der Waals surface area contributed by atoms with Gasteiger partial charge in [0.25, 0.3) is 0 Å². The third-order valence-corrected chi connectivity index (χ3v) is 4.31. The van der Waals surface area contributed by atoms with Crippen LogP contribution in [0.25, 0.3) is 0 Å². The molecule has 1 aromatic carbocycles. The monoisotopic (exact) mass is 308 g/mol. The van der Waals surface area contributed by atoms with Crippen molar-refractivity contribution >= 4 is 16.5 Å². The van der Waals surface area contributed by atoms with E-state index in [4.69, 9.17) is 9.47 Å². The molecule has 0 aliphatic heterocycles. The zero-order valence-corrected chi connectivity index (χ0v) is 13.3. The summed E-state index contributed by atoms with van der Waals surface area (Å²) in [4.78, 5) is 7.43. The van der Waals surface area contributed by atoms with Crippen LogP contribution in [-0.2, 0) is 24.5 Å². The van der Waals surface area contributed by atoms with Crippen molar-refractivity contribution in [1.82, 2.24) is 4.98 Å². The Bertz CT molecular complexity index is 586. The first-order valence-corrected chi connectivity index (χ1v) is 7.42. The molecule has 1 heterocycles. The zero-order chi connectivity index (χ0) is 15.2. The molecule has 0 radical (unpaired) electrons. The van der Waals surface area contributed by atoms with Crippen molar-refractivity contribution in [3.05, 3.63) is 40.4 Å². The van der Waals surface area contributed by atoms with Gasteiger partial charge >= 0.3 is 0 Å². The second kappa shape index (κ2) is 7.40. The summed E-state index contributed by atoms with van der Waals surface area (Å²) >= 11 is 1.48. The molecule has 0 atom stereocenters. The number of para-hydroxylation sites is 1. The molecular weight excluding hydrogens is 288 g/mol. The minimum atomic E-state index is -0.0150. The molecule has 0 fully saturated rings. The van der Waals surface area contributed by atoms with Crippen LogP contribution in [0.15, 0.2) is 24.3 Å². The lowest BCUT2D eigenvalue weighted by molar-refractivity contribution is 0.179. The summed E-state index contributed by atoms with van der Waals surface area (Å²) < 4.78 is 10.5. The summed E-state index contributed by atoms with van der Waals surface area (Å²) in [5.74, 6) is 0.861. The molecule has 0 bridgehead atoms. The molecule has 0 saturated carbocycles. The van der Waals surface area contributed by atoms with Crippen LogP contribution in [-0.4, -0.2) is 31.4 Å². The van der Waals surface area contributed by atoms with Crippen molar-refractivity contribution in [3.8, 4) is 5.75 Å². The Kier molecular flexibility index (Phi) is 5.55. The fourth-order valence-corrected chi connectivity index (χ4v) is 2.95. The first-order valence-electron chi connectivity index (χ1n) is 6.61. The van der Waals surface area contributed by atoms with Gasteiger partial charge in [0.15, 0.2) is 5.13 Å². The highest BCUT2D eigenvalue weighted by atomic mass is 32.1. The Balaban J connectivity index is 2.18. The Hall–Kier alpha value is -1.63. The van der Waals surface area contributed by atoms with Crippen molar-refractivity contribution in [3.63, 3.8) is 0 Å². The molecule has 6 heteroatoms. The average Bonchev–Trinajstić information content (AvgIpc) is 2.91. The highest BCUT2D eigenvalue weighted by Crippen LogP contribution is 2.28. The van der Waals surface area contributed by atoms with Gasteiger partial charge in [-0.05, 0) is 6.07 Å². The maximum absolute atomic E-state index is 9.39. The van der Waals surface area contributed by atoms with Crippen molar-refractivity contribution in [2.75, 3.05) is 26.2 Å². The second-order valence-electron chi connectivity index (χ2n) is 4.63. The topological polar surface area (TPSA) is 54.8 Å². The molecule has 21 heavy (non-hydrogen) atoms. The molecule has 114 valence electrons. The smallest absolute Gasteiger partial charge is 0.185 e. The van der Waals surface area contributed by atoms with Crippen molar-refractivity contribution in [1.29, 1.82) is 0 Å². The minimum Gasteiger partial charge on any atom is -0.496 e. The molecule has 0 unspecified atom stereocenters. The molecule has 1 N–H and O–H groups in total. The first kappa shape index (κ1) is 15.8. The molecule has 0 aliphatic carbocycles. The molecule has 2 aromatic rings. The molecule has 0 spiro atoms. The van der Waals surface area contributed by atoms with Crippen LogP contribution < -0.4 is 9.64 Å². The summed E-state index contributed by atoms with van der Waals surface area (Å²) in [6.07, 6.45) is 0. The standard InChI is InChI=1S/C15H20N2O3S/c1-17(8-11-6-4-5-7-13(11)20-3)15-16-12(10-19-2)14(9-18)21-15/h4-7,18H,8-10H2,1-3H3. The predicted octanol–water partition coefficient (Wildman–Crippen LogP) is 2.43. The largest absolute Gasteiger partial charge is 0.496 e. The quantitative estimate of drug-likeness (QED) is 0.851. The van der Waals surface area contributed by atoms with Crippen LogP contribution in [0.4, 0.5) is 5.13 Å². The molecule has 5 nitrogen and oxygen atoms in total. The van der Waals surface area contributed by atoms with Gasteiger partial charge in [-0.2, -0.15) is 0 Å². The summed E-state index contributed by atoms with van der Waals surface area (Å²) in [5.41, 5.74) is 1.89. The van der Waals surface area contributed by atoms with Gasteiger partial charge in [-0.15, -0.1) is 0 Å². The van der Waals surface area contributed by atoms with E-state index >= 15 is 0 Å². The molecule has 1 aromatic heterocycles. The lowest BCUT2D eigenvalue weighted by Crippen LogP contribution is -2.16. The minimum absolute atomic E-state index is 0.0150. The fourth-order valence-electron chi connectivity index (χ4n) is 2.06. The molecule has 2 rings (SSSR count). The summed E-state index contributed by atoms with van der Waals surface area (Å²) in [5, 5.41) is 10.2. The molecule has 0 saturated heterocycles. The number of anilines is 1. The van der Waals surface area contributed by atoms with Crippen molar-refractivity contribution in [2.45, 2.75) is 19.8 Å². The highest BCUT2D eigenvalue weighted by molar-refractivity contribution is 7.15. The van der Waals surface area contributed by atoms with Gasteiger partial charge in [-0.25, -0.2) is 4.98 Å². The third-order valence-electron chi connectivity index (χ3n) is 3.12. The summed E-state index contributed by atoms with van der Waals surface area (Å²) in [6, 6.07) is 7.92. The van der Waals surface area contributed by atoms with Gasteiger partial charge in [-0.3, -0.25) is 0 Å². The van der Waals surface area contributed by atoms with Gasteiger partial charge in [-0.1, -0.05) is 29.5 Å². The number of aromatic nitrogens is 1. The second-order valence-corrected chi connectivity index (χ2v) is 5.69. The van der Waals surface area contributed by atoms with E-state index in [1.54, 1.807) is 14.2 Å². The van der Waals surface area contributed by atoms with Crippen molar-refractivity contribution in [2.24, 2.45) is 0 Å². The third kappa shape index (κ3) is 3.72. The maximum Gasteiger partial charge on any atom is 0.185 e. The van der Waals surface area contributed by atoms with Crippen LogP contribution in [0, 0.1) is 0 Å². The molecule has 0 aliphatic rings. The lowest BCUT2D eigenvalue weighted by Gasteiger charge is -2.17. The number of hydrogen-bond donors (Lipinski definition) is 1. The molecule has 0 amide bonds. The first-order chi connectivity index (χ1) is 10.2. The highest BCUT2D eigenvalue weighted by Gasteiger charge is 2.14. The Morgan fingerprint density at radius 2 is 2.05 bits per heavy atom. The van der Waals surface area contributed by atoms with E-state index in [1.807, 2.05) is 36.2 Å². The number of thiazole rings is 1. The number of aliphatic hydroxyl groups is 1.